The van der Waals surface area contributed by atoms with Gasteiger partial charge in [-0.25, -0.2) is 0 Å². The van der Waals surface area contributed by atoms with Crippen LogP contribution in [-0.4, -0.2) is 42.9 Å². The van der Waals surface area contributed by atoms with E-state index in [0.29, 0.717) is 5.92 Å². The van der Waals surface area contributed by atoms with E-state index in [2.05, 4.69) is 15.5 Å². The molecule has 0 aromatic heterocycles. The normalized spacial score (nSPS) is 21.1. The number of anilines is 1. The number of piperidine rings is 1. The Morgan fingerprint density at radius 3 is 2.48 bits per heavy atom. The summed E-state index contributed by atoms with van der Waals surface area (Å²) >= 11 is 0. The molecule has 2 amide bonds. The third-order valence-corrected chi connectivity index (χ3v) is 5.47. The first kappa shape index (κ1) is 23.7. The molecule has 6 nitrogen and oxygen atoms in total. The van der Waals surface area contributed by atoms with E-state index in [4.69, 9.17) is 5.73 Å². The quantitative estimate of drug-likeness (QED) is 0.661. The monoisotopic (exact) mass is 416 g/mol. The summed E-state index contributed by atoms with van der Waals surface area (Å²) in [5.41, 5.74) is 7.45. The zero-order valence-electron chi connectivity index (χ0n) is 15.6. The van der Waals surface area contributed by atoms with Crippen molar-refractivity contribution >= 4 is 42.3 Å². The van der Waals surface area contributed by atoms with E-state index < -0.39 is 0 Å². The van der Waals surface area contributed by atoms with E-state index in [1.165, 1.54) is 5.56 Å². The predicted octanol–water partition coefficient (Wildman–Crippen LogP) is 2.02. The highest BCUT2D eigenvalue weighted by Crippen LogP contribution is 2.21. The van der Waals surface area contributed by atoms with E-state index in [1.807, 2.05) is 31.2 Å². The number of benzene rings is 1. The fourth-order valence-corrected chi connectivity index (χ4v) is 3.52. The van der Waals surface area contributed by atoms with Crippen LogP contribution in [0.15, 0.2) is 24.3 Å². The van der Waals surface area contributed by atoms with Crippen LogP contribution in [0.2, 0.25) is 0 Å². The van der Waals surface area contributed by atoms with E-state index in [9.17, 15) is 9.59 Å². The van der Waals surface area contributed by atoms with Gasteiger partial charge in [0, 0.05) is 24.7 Å². The van der Waals surface area contributed by atoms with Crippen molar-refractivity contribution in [3.8, 4) is 0 Å². The maximum atomic E-state index is 12.3. The number of primary amides is 1. The molecule has 27 heavy (non-hydrogen) atoms. The van der Waals surface area contributed by atoms with E-state index >= 15 is 0 Å². The molecule has 0 saturated carbocycles. The van der Waals surface area contributed by atoms with Crippen molar-refractivity contribution in [2.24, 2.45) is 23.5 Å². The molecule has 2 unspecified atom stereocenters. The molecule has 2 fully saturated rings. The Bertz CT molecular complexity index is 623. The number of nitrogens with zero attached hydrogens (tertiary/aromatic N) is 1. The summed E-state index contributed by atoms with van der Waals surface area (Å²) in [6, 6.07) is 7.99. The van der Waals surface area contributed by atoms with Gasteiger partial charge in [0.1, 0.15) is 0 Å². The van der Waals surface area contributed by atoms with Gasteiger partial charge < -0.3 is 16.4 Å². The summed E-state index contributed by atoms with van der Waals surface area (Å²) in [5.74, 6) is 0.324. The zero-order valence-corrected chi connectivity index (χ0v) is 17.3. The van der Waals surface area contributed by atoms with Crippen molar-refractivity contribution in [2.75, 3.05) is 31.5 Å². The number of hydrogen-bond donors (Lipinski definition) is 3. The zero-order chi connectivity index (χ0) is 17.8. The standard InChI is InChI=1S/C19H28N4O2.2ClH/c1-13(16-9-21-10-16)19(25)22-17-6-4-14(5-7-17)11-23-8-2-3-15(12-23)18(20)24;;/h4-7,13,15-16,21H,2-3,8-12H2,1H3,(H2,20,24)(H,22,25);2*1H. The van der Waals surface area contributed by atoms with Crippen LogP contribution in [0.25, 0.3) is 0 Å². The maximum Gasteiger partial charge on any atom is 0.227 e. The first-order valence-corrected chi connectivity index (χ1v) is 9.15. The lowest BCUT2D eigenvalue weighted by Crippen LogP contribution is -2.48. The van der Waals surface area contributed by atoms with Gasteiger partial charge in [-0.3, -0.25) is 14.5 Å². The van der Waals surface area contributed by atoms with Crippen molar-refractivity contribution < 1.29 is 9.59 Å². The lowest BCUT2D eigenvalue weighted by Gasteiger charge is -2.32. The van der Waals surface area contributed by atoms with Gasteiger partial charge >= 0.3 is 0 Å². The molecular formula is C19H30Cl2N4O2. The molecule has 1 aromatic rings. The number of hydrogen-bond acceptors (Lipinski definition) is 4. The van der Waals surface area contributed by atoms with Crippen LogP contribution in [0.5, 0.6) is 0 Å². The van der Waals surface area contributed by atoms with Crippen LogP contribution in [0.1, 0.15) is 25.3 Å². The number of nitrogens with two attached hydrogens (primary N) is 1. The Labute approximate surface area is 173 Å². The fraction of sp³-hybridized carbons (Fsp3) is 0.579. The van der Waals surface area contributed by atoms with Gasteiger partial charge in [-0.2, -0.15) is 0 Å². The molecule has 2 aliphatic rings. The molecule has 8 heteroatoms. The third kappa shape index (κ3) is 6.35. The molecule has 1 aromatic carbocycles. The SMILES string of the molecule is CC(C(=O)Nc1ccc(CN2CCCC(C(N)=O)C2)cc1)C1CNC1.Cl.Cl. The average molecular weight is 417 g/mol. The highest BCUT2D eigenvalue weighted by molar-refractivity contribution is 5.92. The number of nitrogens with one attached hydrogen (secondary N) is 2. The minimum atomic E-state index is -0.196. The first-order chi connectivity index (χ1) is 12.0. The van der Waals surface area contributed by atoms with Gasteiger partial charge in [0.15, 0.2) is 0 Å². The summed E-state index contributed by atoms with van der Waals surface area (Å²) < 4.78 is 0. The molecular weight excluding hydrogens is 387 g/mol. The Morgan fingerprint density at radius 1 is 1.26 bits per heavy atom. The van der Waals surface area contributed by atoms with Crippen LogP contribution in [-0.2, 0) is 16.1 Å². The van der Waals surface area contributed by atoms with Gasteiger partial charge in [-0.1, -0.05) is 19.1 Å². The molecule has 3 rings (SSSR count). The summed E-state index contributed by atoms with van der Waals surface area (Å²) in [7, 11) is 0. The number of carbonyl (C=O) groups excluding carboxylic acids is 2. The van der Waals surface area contributed by atoms with Gasteiger partial charge in [-0.05, 0) is 56.1 Å². The second-order valence-corrected chi connectivity index (χ2v) is 7.37. The number of rotatable bonds is 6. The Hall–Kier alpha value is -1.34. The van der Waals surface area contributed by atoms with Gasteiger partial charge in [0.25, 0.3) is 0 Å². The van der Waals surface area contributed by atoms with Crippen molar-refractivity contribution in [3.05, 3.63) is 29.8 Å². The van der Waals surface area contributed by atoms with Crippen LogP contribution in [0, 0.1) is 17.8 Å². The highest BCUT2D eigenvalue weighted by Gasteiger charge is 2.28. The Kier molecular flexibility index (Phi) is 9.53. The van der Waals surface area contributed by atoms with Gasteiger partial charge in [0.05, 0.1) is 5.92 Å². The number of amides is 2. The van der Waals surface area contributed by atoms with Crippen molar-refractivity contribution in [3.63, 3.8) is 0 Å². The van der Waals surface area contributed by atoms with E-state index in [1.54, 1.807) is 0 Å². The minimum absolute atomic E-state index is 0. The fourth-order valence-electron chi connectivity index (χ4n) is 3.52. The second kappa shape index (κ2) is 10.9. The molecule has 0 spiro atoms. The molecule has 2 saturated heterocycles. The summed E-state index contributed by atoms with van der Waals surface area (Å²) in [6.45, 7) is 6.38. The van der Waals surface area contributed by atoms with Crippen molar-refractivity contribution in [1.82, 2.24) is 10.2 Å². The summed E-state index contributed by atoms with van der Waals surface area (Å²) in [4.78, 5) is 25.9. The maximum absolute atomic E-state index is 12.3. The molecule has 2 aliphatic heterocycles. The molecule has 152 valence electrons. The largest absolute Gasteiger partial charge is 0.369 e. The number of halogens is 2. The molecule has 0 radical (unpaired) electrons. The smallest absolute Gasteiger partial charge is 0.227 e. The summed E-state index contributed by atoms with van der Waals surface area (Å²) in [5, 5.41) is 6.21. The predicted molar refractivity (Wildman–Crippen MR) is 112 cm³/mol. The minimum Gasteiger partial charge on any atom is -0.369 e. The van der Waals surface area contributed by atoms with Gasteiger partial charge in [0.2, 0.25) is 11.8 Å². The van der Waals surface area contributed by atoms with Crippen LogP contribution >= 0.6 is 24.8 Å². The summed E-state index contributed by atoms with van der Waals surface area (Å²) in [6.07, 6.45) is 1.90. The van der Waals surface area contributed by atoms with Crippen LogP contribution in [0.4, 0.5) is 5.69 Å². The van der Waals surface area contributed by atoms with E-state index in [0.717, 1.165) is 51.3 Å². The van der Waals surface area contributed by atoms with Crippen LogP contribution in [0.3, 0.4) is 0 Å². The molecule has 4 N–H and O–H groups in total. The number of likely N-dealkylation sites (tertiary alicyclic amines) is 1. The topological polar surface area (TPSA) is 87.5 Å². The second-order valence-electron chi connectivity index (χ2n) is 7.37. The first-order valence-electron chi connectivity index (χ1n) is 9.15. The van der Waals surface area contributed by atoms with Crippen molar-refractivity contribution in [1.29, 1.82) is 0 Å². The van der Waals surface area contributed by atoms with Crippen LogP contribution < -0.4 is 16.4 Å². The Morgan fingerprint density at radius 2 is 1.93 bits per heavy atom. The molecule has 2 atom stereocenters. The van der Waals surface area contributed by atoms with Gasteiger partial charge in [-0.15, -0.1) is 24.8 Å². The average Bonchev–Trinajstić information content (AvgIpc) is 2.55. The third-order valence-electron chi connectivity index (χ3n) is 5.47. The number of carbonyl (C=O) groups is 2. The molecule has 0 aliphatic carbocycles. The molecule has 2 heterocycles. The Balaban J connectivity index is 0.00000182. The van der Waals surface area contributed by atoms with Crippen molar-refractivity contribution in [2.45, 2.75) is 26.3 Å². The molecule has 0 bridgehead atoms. The lowest BCUT2D eigenvalue weighted by atomic mass is 9.88. The van der Waals surface area contributed by atoms with E-state index in [-0.39, 0.29) is 48.5 Å². The highest BCUT2D eigenvalue weighted by atomic mass is 35.5. The lowest BCUT2D eigenvalue weighted by molar-refractivity contribution is -0.123.